The van der Waals surface area contributed by atoms with Crippen molar-refractivity contribution in [2.24, 2.45) is 0 Å². The summed E-state index contributed by atoms with van der Waals surface area (Å²) in [4.78, 5) is 25.3. The Morgan fingerprint density at radius 2 is 2.18 bits per heavy atom. The lowest BCUT2D eigenvalue weighted by Gasteiger charge is -2.27. The van der Waals surface area contributed by atoms with Crippen LogP contribution in [0.1, 0.15) is 40.5 Å². The van der Waals surface area contributed by atoms with Gasteiger partial charge in [-0.25, -0.2) is 0 Å². The topological polar surface area (TPSA) is 42.3 Å². The summed E-state index contributed by atoms with van der Waals surface area (Å²) in [6.07, 6.45) is 3.75. The summed E-state index contributed by atoms with van der Waals surface area (Å²) in [6, 6.07) is 2.12. The van der Waals surface area contributed by atoms with Crippen LogP contribution in [0.4, 0.5) is 0 Å². The van der Waals surface area contributed by atoms with E-state index in [0.717, 1.165) is 43.6 Å². The Morgan fingerprint density at radius 1 is 1.41 bits per heavy atom. The molecule has 17 heavy (non-hydrogen) atoms. The molecule has 0 atom stereocenters. The van der Waals surface area contributed by atoms with Crippen LogP contribution in [0.2, 0.25) is 0 Å². The molecule has 2 heterocycles. The lowest BCUT2D eigenvalue weighted by Crippen LogP contribution is -2.35. The zero-order valence-electron chi connectivity index (χ0n) is 9.98. The molecule has 0 aromatic carbocycles. The van der Waals surface area contributed by atoms with Gasteiger partial charge in [-0.3, -0.25) is 9.59 Å². The van der Waals surface area contributed by atoms with Gasteiger partial charge in [0.15, 0.2) is 6.29 Å². The van der Waals surface area contributed by atoms with Gasteiger partial charge in [-0.1, -0.05) is 0 Å². The van der Waals surface area contributed by atoms with Gasteiger partial charge in [0, 0.05) is 31.2 Å². The standard InChI is InChI=1S/C13H16N2O2/c1-14-5-4-12-9(7-14)6-10(8-16)13(17)15(12)11-2-3-11/h6,8,11H,2-5,7H2,1H3. The highest BCUT2D eigenvalue weighted by Crippen LogP contribution is 2.36. The lowest BCUT2D eigenvalue weighted by atomic mass is 10.0. The smallest absolute Gasteiger partial charge is 0.261 e. The number of pyridine rings is 1. The van der Waals surface area contributed by atoms with Gasteiger partial charge in [0.1, 0.15) is 0 Å². The van der Waals surface area contributed by atoms with Gasteiger partial charge in [0.25, 0.3) is 5.56 Å². The van der Waals surface area contributed by atoms with Crippen molar-refractivity contribution in [1.82, 2.24) is 9.47 Å². The van der Waals surface area contributed by atoms with Crippen molar-refractivity contribution in [3.8, 4) is 0 Å². The van der Waals surface area contributed by atoms with Crippen molar-refractivity contribution < 1.29 is 4.79 Å². The van der Waals surface area contributed by atoms with Crippen LogP contribution in [0.3, 0.4) is 0 Å². The van der Waals surface area contributed by atoms with E-state index in [1.807, 2.05) is 4.57 Å². The zero-order valence-corrected chi connectivity index (χ0v) is 9.98. The summed E-state index contributed by atoms with van der Waals surface area (Å²) in [5.41, 5.74) is 2.52. The highest BCUT2D eigenvalue weighted by atomic mass is 16.1. The molecular formula is C13H16N2O2. The third kappa shape index (κ3) is 1.72. The molecular weight excluding hydrogens is 216 g/mol. The van der Waals surface area contributed by atoms with Gasteiger partial charge in [0.2, 0.25) is 0 Å². The number of aromatic nitrogens is 1. The third-order valence-corrected chi connectivity index (χ3v) is 3.67. The van der Waals surface area contributed by atoms with Crippen LogP contribution in [-0.4, -0.2) is 29.3 Å². The second kappa shape index (κ2) is 3.81. The van der Waals surface area contributed by atoms with Crippen molar-refractivity contribution in [3.63, 3.8) is 0 Å². The monoisotopic (exact) mass is 232 g/mol. The van der Waals surface area contributed by atoms with Gasteiger partial charge >= 0.3 is 0 Å². The molecule has 0 bridgehead atoms. The van der Waals surface area contributed by atoms with Gasteiger partial charge in [-0.2, -0.15) is 0 Å². The molecule has 0 spiro atoms. The fourth-order valence-electron chi connectivity index (χ4n) is 2.64. The van der Waals surface area contributed by atoms with Gasteiger partial charge in [-0.15, -0.1) is 0 Å². The minimum Gasteiger partial charge on any atom is -0.309 e. The van der Waals surface area contributed by atoms with Gasteiger partial charge in [0.05, 0.1) is 5.56 Å². The molecule has 1 aromatic rings. The molecule has 0 unspecified atom stereocenters. The summed E-state index contributed by atoms with van der Waals surface area (Å²) in [5.74, 6) is 0. The van der Waals surface area contributed by atoms with E-state index in [-0.39, 0.29) is 5.56 Å². The molecule has 1 aromatic heterocycles. The second-order valence-corrected chi connectivity index (χ2v) is 5.08. The van der Waals surface area contributed by atoms with Gasteiger partial charge < -0.3 is 9.47 Å². The number of rotatable bonds is 2. The van der Waals surface area contributed by atoms with E-state index >= 15 is 0 Å². The maximum Gasteiger partial charge on any atom is 0.261 e. The van der Waals surface area contributed by atoms with Crippen LogP contribution in [0.15, 0.2) is 10.9 Å². The fraction of sp³-hybridized carbons (Fsp3) is 0.538. The van der Waals surface area contributed by atoms with Gasteiger partial charge in [-0.05, 0) is 31.5 Å². The van der Waals surface area contributed by atoms with E-state index in [0.29, 0.717) is 17.9 Å². The first kappa shape index (κ1) is 10.7. The third-order valence-electron chi connectivity index (χ3n) is 3.67. The van der Waals surface area contributed by atoms with Crippen molar-refractivity contribution in [2.45, 2.75) is 31.8 Å². The van der Waals surface area contributed by atoms with Crippen molar-refractivity contribution >= 4 is 6.29 Å². The molecule has 0 amide bonds. The first-order valence-corrected chi connectivity index (χ1v) is 6.11. The number of hydrogen-bond donors (Lipinski definition) is 0. The van der Waals surface area contributed by atoms with E-state index in [9.17, 15) is 9.59 Å². The van der Waals surface area contributed by atoms with Crippen LogP contribution >= 0.6 is 0 Å². The minimum atomic E-state index is -0.0918. The molecule has 1 fully saturated rings. The molecule has 1 saturated carbocycles. The number of hydrogen-bond acceptors (Lipinski definition) is 3. The summed E-state index contributed by atoms with van der Waals surface area (Å²) >= 11 is 0. The summed E-state index contributed by atoms with van der Waals surface area (Å²) in [7, 11) is 2.07. The van der Waals surface area contributed by atoms with E-state index in [1.54, 1.807) is 6.07 Å². The molecule has 4 heteroatoms. The summed E-state index contributed by atoms with van der Waals surface area (Å²) < 4.78 is 1.88. The summed E-state index contributed by atoms with van der Waals surface area (Å²) in [5, 5.41) is 0. The Kier molecular flexibility index (Phi) is 2.40. The number of aldehydes is 1. The second-order valence-electron chi connectivity index (χ2n) is 5.08. The molecule has 3 rings (SSSR count). The van der Waals surface area contributed by atoms with Crippen molar-refractivity contribution in [2.75, 3.05) is 13.6 Å². The normalized spacial score (nSPS) is 20.1. The molecule has 4 nitrogen and oxygen atoms in total. The predicted octanol–water partition coefficient (Wildman–Crippen LogP) is 0.984. The van der Waals surface area contributed by atoms with E-state index in [1.165, 1.54) is 0 Å². The van der Waals surface area contributed by atoms with E-state index in [2.05, 4.69) is 11.9 Å². The first-order chi connectivity index (χ1) is 8.20. The van der Waals surface area contributed by atoms with Crippen LogP contribution in [0.5, 0.6) is 0 Å². The average molecular weight is 232 g/mol. The SMILES string of the molecule is CN1CCc2c(cc(C=O)c(=O)n2C2CC2)C1. The summed E-state index contributed by atoms with van der Waals surface area (Å²) in [6.45, 7) is 1.82. The molecule has 1 aliphatic carbocycles. The van der Waals surface area contributed by atoms with E-state index < -0.39 is 0 Å². The maximum atomic E-state index is 12.2. The van der Waals surface area contributed by atoms with Crippen molar-refractivity contribution in [1.29, 1.82) is 0 Å². The van der Waals surface area contributed by atoms with Crippen LogP contribution in [0, 0.1) is 0 Å². The van der Waals surface area contributed by atoms with Crippen LogP contribution in [-0.2, 0) is 13.0 Å². The van der Waals surface area contributed by atoms with Crippen LogP contribution < -0.4 is 5.56 Å². The Morgan fingerprint density at radius 3 is 2.82 bits per heavy atom. The Balaban J connectivity index is 2.21. The number of nitrogens with zero attached hydrogens (tertiary/aromatic N) is 2. The Bertz CT molecular complexity index is 529. The molecule has 1 aliphatic heterocycles. The maximum absolute atomic E-state index is 12.2. The fourth-order valence-corrected chi connectivity index (χ4v) is 2.64. The highest BCUT2D eigenvalue weighted by molar-refractivity contribution is 5.74. The molecule has 90 valence electrons. The molecule has 0 saturated heterocycles. The molecule has 0 radical (unpaired) electrons. The highest BCUT2D eigenvalue weighted by Gasteiger charge is 2.30. The van der Waals surface area contributed by atoms with E-state index in [4.69, 9.17) is 0 Å². The predicted molar refractivity (Wildman–Crippen MR) is 64.4 cm³/mol. The van der Waals surface area contributed by atoms with Crippen LogP contribution in [0.25, 0.3) is 0 Å². The number of carbonyl (C=O) groups is 1. The molecule has 2 aliphatic rings. The number of carbonyl (C=O) groups excluding carboxylic acids is 1. The number of likely N-dealkylation sites (N-methyl/N-ethyl adjacent to an activating group) is 1. The largest absolute Gasteiger partial charge is 0.309 e. The zero-order chi connectivity index (χ0) is 12.0. The Labute approximate surface area is 99.9 Å². The molecule has 0 N–H and O–H groups in total. The Hall–Kier alpha value is -1.42. The number of fused-ring (bicyclic) bond motifs is 1. The first-order valence-electron chi connectivity index (χ1n) is 6.11. The quantitative estimate of drug-likeness (QED) is 0.714. The van der Waals surface area contributed by atoms with Crippen molar-refractivity contribution in [3.05, 3.63) is 33.2 Å². The minimum absolute atomic E-state index is 0.0918. The average Bonchev–Trinajstić information content (AvgIpc) is 3.12. The lowest BCUT2D eigenvalue weighted by molar-refractivity contribution is 0.112.